The number of rotatable bonds is 6. The number of nitrogen functional groups attached to an aromatic ring is 1. The molecule has 17 heavy (non-hydrogen) atoms. The zero-order valence-corrected chi connectivity index (χ0v) is 10.2. The fourth-order valence-electron chi connectivity index (χ4n) is 1.98. The minimum atomic E-state index is -0.329. The van der Waals surface area contributed by atoms with Crippen LogP contribution in [0.4, 0.5) is 10.1 Å². The molecule has 2 N–H and O–H groups in total. The van der Waals surface area contributed by atoms with E-state index in [1.54, 1.807) is 13.2 Å². The van der Waals surface area contributed by atoms with E-state index in [4.69, 9.17) is 10.5 Å². The van der Waals surface area contributed by atoms with E-state index in [1.165, 1.54) is 18.9 Å². The van der Waals surface area contributed by atoms with Crippen LogP contribution in [0, 0.1) is 5.82 Å². The lowest BCUT2D eigenvalue weighted by molar-refractivity contribution is 0.139. The molecular weight excluding hydrogens is 219 g/mol. The molecule has 3 nitrogen and oxygen atoms in total. The van der Waals surface area contributed by atoms with E-state index in [0.29, 0.717) is 19.2 Å². The third kappa shape index (κ3) is 3.17. The van der Waals surface area contributed by atoms with Crippen molar-refractivity contribution >= 4 is 5.69 Å². The van der Waals surface area contributed by atoms with Gasteiger partial charge in [-0.2, -0.15) is 0 Å². The molecule has 0 unspecified atom stereocenters. The monoisotopic (exact) mass is 238 g/mol. The Hall–Kier alpha value is -1.13. The third-order valence-electron chi connectivity index (χ3n) is 3.16. The summed E-state index contributed by atoms with van der Waals surface area (Å²) in [5, 5.41) is 0. The molecule has 0 bridgehead atoms. The summed E-state index contributed by atoms with van der Waals surface area (Å²) in [5.74, 6) is -0.329. The smallest absolute Gasteiger partial charge is 0.146 e. The highest BCUT2D eigenvalue weighted by atomic mass is 19.1. The van der Waals surface area contributed by atoms with Crippen molar-refractivity contribution in [1.82, 2.24) is 4.90 Å². The van der Waals surface area contributed by atoms with Crippen molar-refractivity contribution < 1.29 is 9.13 Å². The van der Waals surface area contributed by atoms with E-state index in [1.807, 2.05) is 6.07 Å². The van der Waals surface area contributed by atoms with Crippen LogP contribution in [0.3, 0.4) is 0 Å². The first kappa shape index (κ1) is 12.3. The fraction of sp³-hybridized carbons (Fsp3) is 0.538. The Morgan fingerprint density at radius 2 is 2.24 bits per heavy atom. The van der Waals surface area contributed by atoms with Gasteiger partial charge in [0.1, 0.15) is 5.82 Å². The number of hydrogen-bond acceptors (Lipinski definition) is 3. The molecule has 1 aliphatic rings. The van der Waals surface area contributed by atoms with E-state index in [2.05, 4.69) is 4.90 Å². The average Bonchev–Trinajstić information content (AvgIpc) is 3.14. The first-order valence-electron chi connectivity index (χ1n) is 5.98. The molecule has 0 saturated heterocycles. The van der Waals surface area contributed by atoms with E-state index in [9.17, 15) is 4.39 Å². The van der Waals surface area contributed by atoms with Crippen LogP contribution in [0.2, 0.25) is 0 Å². The van der Waals surface area contributed by atoms with Crippen molar-refractivity contribution in [3.63, 3.8) is 0 Å². The van der Waals surface area contributed by atoms with Crippen molar-refractivity contribution in [3.8, 4) is 0 Å². The topological polar surface area (TPSA) is 38.5 Å². The molecule has 0 radical (unpaired) electrons. The first-order chi connectivity index (χ1) is 8.22. The number of methoxy groups -OCH3 is 1. The van der Waals surface area contributed by atoms with Crippen LogP contribution in [0.25, 0.3) is 0 Å². The van der Waals surface area contributed by atoms with Gasteiger partial charge in [0.25, 0.3) is 0 Å². The van der Waals surface area contributed by atoms with Crippen molar-refractivity contribution in [1.29, 1.82) is 0 Å². The van der Waals surface area contributed by atoms with Crippen molar-refractivity contribution in [2.75, 3.05) is 26.0 Å². The van der Waals surface area contributed by atoms with Gasteiger partial charge >= 0.3 is 0 Å². The molecular formula is C13H19FN2O. The second-order valence-corrected chi connectivity index (χ2v) is 4.51. The largest absolute Gasteiger partial charge is 0.396 e. The lowest BCUT2D eigenvalue weighted by Crippen LogP contribution is -2.29. The highest BCUT2D eigenvalue weighted by Crippen LogP contribution is 2.29. The highest BCUT2D eigenvalue weighted by molar-refractivity contribution is 5.47. The number of ether oxygens (including phenoxy) is 1. The normalized spacial score (nSPS) is 15.5. The minimum absolute atomic E-state index is 0.274. The number of nitrogens with zero attached hydrogens (tertiary/aromatic N) is 1. The molecule has 0 spiro atoms. The van der Waals surface area contributed by atoms with Gasteiger partial charge in [-0.15, -0.1) is 0 Å². The average molecular weight is 238 g/mol. The standard InChI is InChI=1S/C13H19FN2O/c1-17-8-7-16(11-5-6-11)9-10-3-2-4-12(14)13(10)15/h2-4,11H,5-9,15H2,1H3. The number of halogens is 1. The fourth-order valence-corrected chi connectivity index (χ4v) is 1.98. The van der Waals surface area contributed by atoms with E-state index < -0.39 is 0 Å². The van der Waals surface area contributed by atoms with Crippen LogP contribution in [0.1, 0.15) is 18.4 Å². The van der Waals surface area contributed by atoms with Gasteiger partial charge in [0.05, 0.1) is 12.3 Å². The zero-order valence-electron chi connectivity index (χ0n) is 10.2. The molecule has 1 aromatic carbocycles. The molecule has 4 heteroatoms. The Kier molecular flexibility index (Phi) is 3.97. The SMILES string of the molecule is COCCN(Cc1cccc(F)c1N)C1CC1. The predicted molar refractivity (Wildman–Crippen MR) is 66.1 cm³/mol. The number of para-hydroxylation sites is 1. The minimum Gasteiger partial charge on any atom is -0.396 e. The summed E-state index contributed by atoms with van der Waals surface area (Å²) in [6.07, 6.45) is 2.44. The van der Waals surface area contributed by atoms with Gasteiger partial charge in [0, 0.05) is 26.2 Å². The molecule has 0 aliphatic heterocycles. The van der Waals surface area contributed by atoms with Gasteiger partial charge < -0.3 is 10.5 Å². The third-order valence-corrected chi connectivity index (χ3v) is 3.16. The quantitative estimate of drug-likeness (QED) is 0.771. The van der Waals surface area contributed by atoms with Crippen LogP contribution >= 0.6 is 0 Å². The van der Waals surface area contributed by atoms with Crippen LogP contribution in [0.5, 0.6) is 0 Å². The number of nitrogens with two attached hydrogens (primary N) is 1. The Morgan fingerprint density at radius 3 is 2.88 bits per heavy atom. The summed E-state index contributed by atoms with van der Waals surface area (Å²) in [7, 11) is 1.70. The van der Waals surface area contributed by atoms with E-state index in [0.717, 1.165) is 12.1 Å². The summed E-state index contributed by atoms with van der Waals surface area (Å²) in [6, 6.07) is 5.62. The highest BCUT2D eigenvalue weighted by Gasteiger charge is 2.29. The zero-order chi connectivity index (χ0) is 12.3. The lowest BCUT2D eigenvalue weighted by atomic mass is 10.1. The van der Waals surface area contributed by atoms with Crippen molar-refractivity contribution in [3.05, 3.63) is 29.6 Å². The lowest BCUT2D eigenvalue weighted by Gasteiger charge is -2.22. The summed E-state index contributed by atoms with van der Waals surface area (Å²) in [6.45, 7) is 2.28. The molecule has 2 rings (SSSR count). The van der Waals surface area contributed by atoms with Gasteiger partial charge in [0.15, 0.2) is 0 Å². The molecule has 0 amide bonds. The predicted octanol–water partition coefficient (Wildman–Crippen LogP) is 2.02. The molecule has 0 heterocycles. The number of hydrogen-bond donors (Lipinski definition) is 1. The maximum absolute atomic E-state index is 13.3. The molecule has 0 aromatic heterocycles. The molecule has 1 fully saturated rings. The van der Waals surface area contributed by atoms with Crippen LogP contribution in [0.15, 0.2) is 18.2 Å². The Morgan fingerprint density at radius 1 is 1.47 bits per heavy atom. The molecule has 1 saturated carbocycles. The Bertz CT molecular complexity index is 380. The van der Waals surface area contributed by atoms with Crippen molar-refractivity contribution in [2.24, 2.45) is 0 Å². The van der Waals surface area contributed by atoms with Gasteiger partial charge in [-0.3, -0.25) is 4.90 Å². The Labute approximate surface area is 101 Å². The molecule has 1 aliphatic carbocycles. The van der Waals surface area contributed by atoms with Gasteiger partial charge in [-0.1, -0.05) is 12.1 Å². The summed E-state index contributed by atoms with van der Waals surface area (Å²) < 4.78 is 18.4. The van der Waals surface area contributed by atoms with Gasteiger partial charge in [-0.05, 0) is 24.5 Å². The summed E-state index contributed by atoms with van der Waals surface area (Å²) in [5.41, 5.74) is 6.89. The first-order valence-corrected chi connectivity index (χ1v) is 5.98. The summed E-state index contributed by atoms with van der Waals surface area (Å²) >= 11 is 0. The molecule has 1 aromatic rings. The van der Waals surface area contributed by atoms with E-state index >= 15 is 0 Å². The van der Waals surface area contributed by atoms with Crippen LogP contribution in [-0.4, -0.2) is 31.2 Å². The van der Waals surface area contributed by atoms with Gasteiger partial charge in [-0.25, -0.2) is 4.39 Å². The van der Waals surface area contributed by atoms with E-state index in [-0.39, 0.29) is 11.5 Å². The molecule has 94 valence electrons. The van der Waals surface area contributed by atoms with Crippen LogP contribution < -0.4 is 5.73 Å². The second kappa shape index (κ2) is 5.47. The Balaban J connectivity index is 2.03. The number of benzene rings is 1. The maximum Gasteiger partial charge on any atom is 0.146 e. The number of anilines is 1. The van der Waals surface area contributed by atoms with Gasteiger partial charge in [0.2, 0.25) is 0 Å². The summed E-state index contributed by atoms with van der Waals surface area (Å²) in [4.78, 5) is 2.31. The van der Waals surface area contributed by atoms with Crippen molar-refractivity contribution in [2.45, 2.75) is 25.4 Å². The maximum atomic E-state index is 13.3. The van der Waals surface area contributed by atoms with Crippen LogP contribution in [-0.2, 0) is 11.3 Å². The second-order valence-electron chi connectivity index (χ2n) is 4.51. The molecule has 0 atom stereocenters.